The molecule has 5 heteroatoms. The Morgan fingerprint density at radius 1 is 1.42 bits per heavy atom. The monoisotopic (exact) mass is 261 g/mol. The van der Waals surface area contributed by atoms with Gasteiger partial charge in [-0.05, 0) is 38.0 Å². The van der Waals surface area contributed by atoms with Crippen LogP contribution in [0, 0.1) is 0 Å². The minimum Gasteiger partial charge on any atom is -0.397 e. The molecule has 1 aromatic carbocycles. The minimum atomic E-state index is -0.588. The van der Waals surface area contributed by atoms with Crippen molar-refractivity contribution in [1.29, 1.82) is 0 Å². The quantitative estimate of drug-likeness (QED) is 0.729. The Bertz CT molecular complexity index is 550. The largest absolute Gasteiger partial charge is 0.397 e. The molecule has 0 fully saturated rings. The Hall–Kier alpha value is -2.04. The molecule has 0 unspecified atom stereocenters. The van der Waals surface area contributed by atoms with Crippen molar-refractivity contribution in [3.05, 3.63) is 17.7 Å². The van der Waals surface area contributed by atoms with Gasteiger partial charge in [-0.25, -0.2) is 0 Å². The van der Waals surface area contributed by atoms with E-state index in [0.717, 1.165) is 17.7 Å². The number of benzene rings is 1. The van der Waals surface area contributed by atoms with Crippen LogP contribution < -0.4 is 16.4 Å². The van der Waals surface area contributed by atoms with Crippen LogP contribution in [-0.2, 0) is 15.0 Å². The number of hydrogen-bond acceptors (Lipinski definition) is 3. The lowest BCUT2D eigenvalue weighted by Gasteiger charge is -2.16. The maximum Gasteiger partial charge on any atom is 0.234 e. The third-order valence-corrected chi connectivity index (χ3v) is 3.43. The first-order chi connectivity index (χ1) is 8.86. The number of hydrogen-bond donors (Lipinski definition) is 3. The summed E-state index contributed by atoms with van der Waals surface area (Å²) < 4.78 is 0. The average Bonchev–Trinajstić information content (AvgIpc) is 2.52. The predicted molar refractivity (Wildman–Crippen MR) is 76.0 cm³/mol. The van der Waals surface area contributed by atoms with E-state index in [0.29, 0.717) is 17.8 Å². The molecule has 1 aliphatic rings. The average molecular weight is 261 g/mol. The molecule has 5 nitrogen and oxygen atoms in total. The maximum atomic E-state index is 11.9. The summed E-state index contributed by atoms with van der Waals surface area (Å²) in [6.45, 7) is 5.64. The number of nitrogens with one attached hydrogen (secondary N) is 2. The number of nitrogen functional groups attached to an aromatic ring is 1. The molecule has 0 atom stereocenters. The molecule has 1 aromatic rings. The Morgan fingerprint density at radius 2 is 2.11 bits per heavy atom. The second kappa shape index (κ2) is 4.57. The third kappa shape index (κ3) is 2.28. The molecule has 102 valence electrons. The van der Waals surface area contributed by atoms with Crippen molar-refractivity contribution in [1.82, 2.24) is 0 Å². The van der Waals surface area contributed by atoms with E-state index in [1.807, 2.05) is 20.8 Å². The first kappa shape index (κ1) is 13.4. The predicted octanol–water partition coefficient (Wildman–Crippen LogP) is 2.24. The fraction of sp³-hybridized carbons (Fsp3) is 0.429. The van der Waals surface area contributed by atoms with E-state index in [4.69, 9.17) is 5.73 Å². The van der Waals surface area contributed by atoms with Crippen LogP contribution in [0.4, 0.5) is 17.1 Å². The molecule has 1 heterocycles. The van der Waals surface area contributed by atoms with Gasteiger partial charge in [0, 0.05) is 12.1 Å². The van der Waals surface area contributed by atoms with Crippen LogP contribution in [0.25, 0.3) is 0 Å². The third-order valence-electron chi connectivity index (χ3n) is 3.43. The molecule has 0 radical (unpaired) electrons. The van der Waals surface area contributed by atoms with Crippen molar-refractivity contribution in [3.8, 4) is 0 Å². The number of nitrogens with two attached hydrogens (primary N) is 1. The molecule has 0 spiro atoms. The van der Waals surface area contributed by atoms with Crippen molar-refractivity contribution in [2.24, 2.45) is 0 Å². The molecule has 0 aromatic heterocycles. The number of carbonyl (C=O) groups is 2. The maximum absolute atomic E-state index is 11.9. The molecule has 1 aliphatic heterocycles. The fourth-order valence-corrected chi connectivity index (χ4v) is 2.19. The first-order valence-electron chi connectivity index (χ1n) is 6.41. The van der Waals surface area contributed by atoms with E-state index in [-0.39, 0.29) is 11.8 Å². The normalized spacial score (nSPS) is 15.8. The molecule has 4 N–H and O–H groups in total. The van der Waals surface area contributed by atoms with Gasteiger partial charge >= 0.3 is 0 Å². The fourth-order valence-electron chi connectivity index (χ4n) is 2.19. The number of amides is 2. The molecule has 2 rings (SSSR count). The number of carbonyl (C=O) groups excluding carboxylic acids is 2. The van der Waals surface area contributed by atoms with Crippen LogP contribution in [0.1, 0.15) is 39.2 Å². The zero-order valence-corrected chi connectivity index (χ0v) is 11.5. The van der Waals surface area contributed by atoms with E-state index >= 15 is 0 Å². The highest BCUT2D eigenvalue weighted by atomic mass is 16.2. The van der Waals surface area contributed by atoms with Crippen molar-refractivity contribution in [2.75, 3.05) is 16.4 Å². The zero-order valence-electron chi connectivity index (χ0n) is 11.5. The van der Waals surface area contributed by atoms with E-state index in [1.54, 1.807) is 12.1 Å². The summed E-state index contributed by atoms with van der Waals surface area (Å²) in [4.78, 5) is 23.5. The SMILES string of the molecule is CCCC(=O)Nc1cc2c(cc1N)C(C)(C)C(=O)N2. The smallest absolute Gasteiger partial charge is 0.234 e. The van der Waals surface area contributed by atoms with Gasteiger partial charge in [-0.15, -0.1) is 0 Å². The second-order valence-electron chi connectivity index (χ2n) is 5.36. The standard InChI is InChI=1S/C14H19N3O2/c1-4-5-12(18)16-11-7-10-8(6-9(11)15)14(2,3)13(19)17-10/h6-7H,4-5,15H2,1-3H3,(H,16,18)(H,17,19). The van der Waals surface area contributed by atoms with Gasteiger partial charge in [0.15, 0.2) is 0 Å². The Balaban J connectivity index is 2.34. The Morgan fingerprint density at radius 3 is 2.74 bits per heavy atom. The van der Waals surface area contributed by atoms with E-state index < -0.39 is 5.41 Å². The summed E-state index contributed by atoms with van der Waals surface area (Å²) >= 11 is 0. The van der Waals surface area contributed by atoms with E-state index in [9.17, 15) is 9.59 Å². The molecule has 0 aliphatic carbocycles. The topological polar surface area (TPSA) is 84.2 Å². The van der Waals surface area contributed by atoms with Crippen LogP contribution in [0.3, 0.4) is 0 Å². The number of anilines is 3. The summed E-state index contributed by atoms with van der Waals surface area (Å²) in [6.07, 6.45) is 1.23. The van der Waals surface area contributed by atoms with Gasteiger partial charge < -0.3 is 16.4 Å². The van der Waals surface area contributed by atoms with Gasteiger partial charge in [-0.1, -0.05) is 6.92 Å². The highest BCUT2D eigenvalue weighted by Gasteiger charge is 2.38. The molecule has 0 saturated carbocycles. The lowest BCUT2D eigenvalue weighted by molar-refractivity contribution is -0.119. The van der Waals surface area contributed by atoms with Gasteiger partial charge in [0.25, 0.3) is 0 Å². The van der Waals surface area contributed by atoms with E-state index in [2.05, 4.69) is 10.6 Å². The van der Waals surface area contributed by atoms with Crippen LogP contribution >= 0.6 is 0 Å². The molecule has 19 heavy (non-hydrogen) atoms. The lowest BCUT2D eigenvalue weighted by atomic mass is 9.86. The van der Waals surface area contributed by atoms with Crippen molar-refractivity contribution in [3.63, 3.8) is 0 Å². The number of fused-ring (bicyclic) bond motifs is 1. The van der Waals surface area contributed by atoms with Crippen molar-refractivity contribution in [2.45, 2.75) is 39.0 Å². The van der Waals surface area contributed by atoms with Crippen LogP contribution in [0.2, 0.25) is 0 Å². The summed E-state index contributed by atoms with van der Waals surface area (Å²) in [5.41, 5.74) is 7.98. The summed E-state index contributed by atoms with van der Waals surface area (Å²) in [7, 11) is 0. The van der Waals surface area contributed by atoms with Crippen LogP contribution in [0.15, 0.2) is 12.1 Å². The second-order valence-corrected chi connectivity index (χ2v) is 5.36. The highest BCUT2D eigenvalue weighted by Crippen LogP contribution is 2.41. The van der Waals surface area contributed by atoms with Gasteiger partial charge in [0.05, 0.1) is 16.8 Å². The molecular formula is C14H19N3O2. The number of rotatable bonds is 3. The summed E-state index contributed by atoms with van der Waals surface area (Å²) in [6, 6.07) is 3.49. The molecule has 0 bridgehead atoms. The van der Waals surface area contributed by atoms with Crippen molar-refractivity contribution >= 4 is 28.9 Å². The summed E-state index contributed by atoms with van der Waals surface area (Å²) in [5, 5.41) is 5.58. The van der Waals surface area contributed by atoms with Gasteiger partial charge in [-0.2, -0.15) is 0 Å². The molecule has 0 saturated heterocycles. The van der Waals surface area contributed by atoms with Gasteiger partial charge in [0.1, 0.15) is 0 Å². The summed E-state index contributed by atoms with van der Waals surface area (Å²) in [5.74, 6) is -0.128. The molecule has 2 amide bonds. The first-order valence-corrected chi connectivity index (χ1v) is 6.41. The highest BCUT2D eigenvalue weighted by molar-refractivity contribution is 6.07. The van der Waals surface area contributed by atoms with Crippen LogP contribution in [-0.4, -0.2) is 11.8 Å². The van der Waals surface area contributed by atoms with Gasteiger partial charge in [0.2, 0.25) is 11.8 Å². The molecular weight excluding hydrogens is 242 g/mol. The Labute approximate surface area is 112 Å². The zero-order chi connectivity index (χ0) is 14.2. The van der Waals surface area contributed by atoms with Crippen molar-refractivity contribution < 1.29 is 9.59 Å². The minimum absolute atomic E-state index is 0.0565. The van der Waals surface area contributed by atoms with Crippen LogP contribution in [0.5, 0.6) is 0 Å². The van der Waals surface area contributed by atoms with E-state index in [1.165, 1.54) is 0 Å². The Kier molecular flexibility index (Phi) is 3.22. The van der Waals surface area contributed by atoms with Gasteiger partial charge in [-0.3, -0.25) is 9.59 Å². The lowest BCUT2D eigenvalue weighted by Crippen LogP contribution is -2.26.